The van der Waals surface area contributed by atoms with Gasteiger partial charge in [0.1, 0.15) is 6.29 Å². The monoisotopic (exact) mass is 210 g/mol. The Morgan fingerprint density at radius 2 is 1.80 bits per heavy atom. The maximum atomic E-state index is 10.7. The molecule has 0 bridgehead atoms. The van der Waals surface area contributed by atoms with Crippen LogP contribution in [0.15, 0.2) is 24.3 Å². The first-order chi connectivity index (χ1) is 7.31. The van der Waals surface area contributed by atoms with Crippen molar-refractivity contribution in [2.45, 2.75) is 32.1 Å². The van der Waals surface area contributed by atoms with Crippen LogP contribution in [-0.2, 0) is 14.3 Å². The van der Waals surface area contributed by atoms with Gasteiger partial charge < -0.3 is 4.74 Å². The molecule has 0 atom stereocenters. The van der Waals surface area contributed by atoms with E-state index in [-0.39, 0.29) is 5.97 Å². The third-order valence-corrected chi connectivity index (χ3v) is 1.86. The lowest BCUT2D eigenvalue weighted by Crippen LogP contribution is -1.98. The number of unbranched alkanes of at least 4 members (excludes halogenated alkanes) is 2. The van der Waals surface area contributed by atoms with Crippen LogP contribution in [0.4, 0.5) is 0 Å². The zero-order chi connectivity index (χ0) is 11.4. The molecule has 0 radical (unpaired) electrons. The van der Waals surface area contributed by atoms with E-state index in [2.05, 4.69) is 16.9 Å². The quantitative estimate of drug-likeness (QED) is 0.203. The van der Waals surface area contributed by atoms with E-state index in [0.29, 0.717) is 6.42 Å². The van der Waals surface area contributed by atoms with Crippen molar-refractivity contribution in [2.24, 2.45) is 0 Å². The molecule has 0 aromatic carbocycles. The molecule has 0 aromatic rings. The minimum atomic E-state index is -0.155. The molecular formula is C12H18O3. The third kappa shape index (κ3) is 10.5. The maximum Gasteiger partial charge on any atom is 0.305 e. The molecule has 0 fully saturated rings. The average Bonchev–Trinajstić information content (AvgIpc) is 2.26. The molecule has 3 heteroatoms. The largest absolute Gasteiger partial charge is 0.469 e. The SMILES string of the molecule is COC(=O)CCC/C=C\CC/C=C/C=O. The number of hydrogen-bond donors (Lipinski definition) is 0. The van der Waals surface area contributed by atoms with Crippen molar-refractivity contribution in [3.8, 4) is 0 Å². The van der Waals surface area contributed by atoms with E-state index >= 15 is 0 Å². The van der Waals surface area contributed by atoms with Crippen LogP contribution in [0, 0.1) is 0 Å². The van der Waals surface area contributed by atoms with E-state index in [1.165, 1.54) is 13.2 Å². The molecule has 84 valence electrons. The van der Waals surface area contributed by atoms with E-state index in [1.807, 2.05) is 6.08 Å². The standard InChI is InChI=1S/C12H18O3/c1-15-12(14)10-8-6-4-2-3-5-7-9-11-13/h2,4,7,9,11H,3,5-6,8,10H2,1H3/b4-2-,9-7+. The van der Waals surface area contributed by atoms with Crippen molar-refractivity contribution >= 4 is 12.3 Å². The van der Waals surface area contributed by atoms with Crippen LogP contribution in [0.1, 0.15) is 32.1 Å². The number of allylic oxidation sites excluding steroid dienone is 4. The van der Waals surface area contributed by atoms with Gasteiger partial charge in [0, 0.05) is 6.42 Å². The van der Waals surface area contributed by atoms with Crippen molar-refractivity contribution in [2.75, 3.05) is 7.11 Å². The second-order valence-corrected chi connectivity index (χ2v) is 3.08. The summed E-state index contributed by atoms with van der Waals surface area (Å²) in [4.78, 5) is 20.7. The lowest BCUT2D eigenvalue weighted by molar-refractivity contribution is -0.140. The Kier molecular flexibility index (Phi) is 9.71. The fraction of sp³-hybridized carbons (Fsp3) is 0.500. The summed E-state index contributed by atoms with van der Waals surface area (Å²) in [5.41, 5.74) is 0. The number of hydrogen-bond acceptors (Lipinski definition) is 3. The van der Waals surface area contributed by atoms with Gasteiger partial charge in [0.15, 0.2) is 0 Å². The summed E-state index contributed by atoms with van der Waals surface area (Å²) in [6.45, 7) is 0. The molecule has 0 N–H and O–H groups in total. The van der Waals surface area contributed by atoms with Gasteiger partial charge in [0.25, 0.3) is 0 Å². The van der Waals surface area contributed by atoms with Gasteiger partial charge in [0.05, 0.1) is 7.11 Å². The first kappa shape index (κ1) is 13.6. The molecule has 0 aromatic heterocycles. The van der Waals surface area contributed by atoms with Gasteiger partial charge in [-0.2, -0.15) is 0 Å². The van der Waals surface area contributed by atoms with Crippen LogP contribution >= 0.6 is 0 Å². The molecule has 0 aliphatic rings. The lowest BCUT2D eigenvalue weighted by atomic mass is 10.2. The molecule has 0 amide bonds. The molecule has 0 saturated heterocycles. The van der Waals surface area contributed by atoms with Crippen molar-refractivity contribution in [1.82, 2.24) is 0 Å². The van der Waals surface area contributed by atoms with Gasteiger partial charge in [-0.1, -0.05) is 18.2 Å². The Morgan fingerprint density at radius 3 is 2.47 bits per heavy atom. The number of ether oxygens (including phenoxy) is 1. The number of aldehydes is 1. The fourth-order valence-electron chi connectivity index (χ4n) is 1.05. The van der Waals surface area contributed by atoms with Crippen LogP contribution in [0.3, 0.4) is 0 Å². The van der Waals surface area contributed by atoms with Crippen molar-refractivity contribution in [3.63, 3.8) is 0 Å². The topological polar surface area (TPSA) is 43.4 Å². The molecule has 0 spiro atoms. The van der Waals surface area contributed by atoms with E-state index in [1.54, 1.807) is 0 Å². The summed E-state index contributed by atoms with van der Waals surface area (Å²) < 4.78 is 4.52. The Balaban J connectivity index is 3.28. The molecule has 15 heavy (non-hydrogen) atoms. The zero-order valence-electron chi connectivity index (χ0n) is 9.15. The Morgan fingerprint density at radius 1 is 1.13 bits per heavy atom. The maximum absolute atomic E-state index is 10.7. The van der Waals surface area contributed by atoms with E-state index in [0.717, 1.165) is 32.0 Å². The highest BCUT2D eigenvalue weighted by Crippen LogP contribution is 2.00. The molecule has 0 aliphatic heterocycles. The van der Waals surface area contributed by atoms with Crippen molar-refractivity contribution in [3.05, 3.63) is 24.3 Å². The molecule has 0 heterocycles. The second-order valence-electron chi connectivity index (χ2n) is 3.08. The van der Waals surface area contributed by atoms with Crippen molar-refractivity contribution < 1.29 is 14.3 Å². The van der Waals surface area contributed by atoms with E-state index in [4.69, 9.17) is 0 Å². The number of esters is 1. The van der Waals surface area contributed by atoms with Crippen molar-refractivity contribution in [1.29, 1.82) is 0 Å². The summed E-state index contributed by atoms with van der Waals surface area (Å²) in [6.07, 6.45) is 12.3. The summed E-state index contributed by atoms with van der Waals surface area (Å²) in [6, 6.07) is 0. The van der Waals surface area contributed by atoms with Crippen LogP contribution in [0.25, 0.3) is 0 Å². The van der Waals surface area contributed by atoms with Crippen LogP contribution in [0.5, 0.6) is 0 Å². The summed E-state index contributed by atoms with van der Waals surface area (Å²) >= 11 is 0. The molecule has 0 saturated carbocycles. The Labute approximate surface area is 90.8 Å². The third-order valence-electron chi connectivity index (χ3n) is 1.86. The minimum absolute atomic E-state index is 0.155. The fourth-order valence-corrected chi connectivity index (χ4v) is 1.05. The Hall–Kier alpha value is -1.38. The number of rotatable bonds is 8. The lowest BCUT2D eigenvalue weighted by Gasteiger charge is -1.95. The molecule has 0 unspecified atom stereocenters. The minimum Gasteiger partial charge on any atom is -0.469 e. The number of methoxy groups -OCH3 is 1. The van der Waals surface area contributed by atoms with Crippen LogP contribution in [0.2, 0.25) is 0 Å². The number of carbonyl (C=O) groups excluding carboxylic acids is 2. The highest BCUT2D eigenvalue weighted by Gasteiger charge is 1.96. The van der Waals surface area contributed by atoms with E-state index < -0.39 is 0 Å². The molecule has 3 nitrogen and oxygen atoms in total. The summed E-state index contributed by atoms with van der Waals surface area (Å²) in [5.74, 6) is -0.155. The number of carbonyl (C=O) groups is 2. The van der Waals surface area contributed by atoms with Gasteiger partial charge >= 0.3 is 5.97 Å². The highest BCUT2D eigenvalue weighted by molar-refractivity contribution is 5.69. The first-order valence-corrected chi connectivity index (χ1v) is 5.13. The second kappa shape index (κ2) is 10.7. The van der Waals surface area contributed by atoms with Crippen LogP contribution < -0.4 is 0 Å². The van der Waals surface area contributed by atoms with Gasteiger partial charge in [-0.15, -0.1) is 0 Å². The predicted octanol–water partition coefficient (Wildman–Crippen LogP) is 2.42. The summed E-state index contributed by atoms with van der Waals surface area (Å²) in [5, 5.41) is 0. The molecular weight excluding hydrogens is 192 g/mol. The van der Waals surface area contributed by atoms with Gasteiger partial charge in [-0.25, -0.2) is 0 Å². The van der Waals surface area contributed by atoms with Gasteiger partial charge in [0.2, 0.25) is 0 Å². The zero-order valence-corrected chi connectivity index (χ0v) is 9.15. The van der Waals surface area contributed by atoms with Gasteiger partial charge in [-0.3, -0.25) is 9.59 Å². The molecule has 0 rings (SSSR count). The normalized spacial score (nSPS) is 11.0. The smallest absolute Gasteiger partial charge is 0.305 e. The first-order valence-electron chi connectivity index (χ1n) is 5.13. The molecule has 0 aliphatic carbocycles. The Bertz CT molecular complexity index is 229. The highest BCUT2D eigenvalue weighted by atomic mass is 16.5. The summed E-state index contributed by atoms with van der Waals surface area (Å²) in [7, 11) is 1.40. The predicted molar refractivity (Wildman–Crippen MR) is 59.4 cm³/mol. The van der Waals surface area contributed by atoms with Crippen LogP contribution in [-0.4, -0.2) is 19.4 Å². The van der Waals surface area contributed by atoms with Gasteiger partial charge in [-0.05, 0) is 31.8 Å². The average molecular weight is 210 g/mol. The van der Waals surface area contributed by atoms with E-state index in [9.17, 15) is 9.59 Å².